The average Bonchev–Trinajstić information content (AvgIpc) is 2.38. The zero-order chi connectivity index (χ0) is 14.6. The Labute approximate surface area is 111 Å². The molecule has 0 N–H and O–H groups in total. The molecule has 0 aliphatic heterocycles. The van der Waals surface area contributed by atoms with E-state index in [4.69, 9.17) is 5.26 Å². The van der Waals surface area contributed by atoms with Crippen molar-refractivity contribution in [2.24, 2.45) is 0 Å². The molecular formula is C14H17F3N2. The summed E-state index contributed by atoms with van der Waals surface area (Å²) < 4.78 is 38.7. The molecule has 0 unspecified atom stereocenters. The van der Waals surface area contributed by atoms with Gasteiger partial charge in [-0.2, -0.15) is 18.4 Å². The van der Waals surface area contributed by atoms with Crippen molar-refractivity contribution in [2.75, 3.05) is 11.4 Å². The van der Waals surface area contributed by atoms with Crippen molar-refractivity contribution in [3.63, 3.8) is 0 Å². The van der Waals surface area contributed by atoms with Gasteiger partial charge in [-0.15, -0.1) is 0 Å². The normalized spacial score (nSPS) is 12.9. The average molecular weight is 270 g/mol. The maximum absolute atomic E-state index is 12.9. The van der Waals surface area contributed by atoms with Crippen LogP contribution in [0.5, 0.6) is 0 Å². The lowest BCUT2D eigenvalue weighted by molar-refractivity contribution is -0.137. The fourth-order valence-electron chi connectivity index (χ4n) is 2.01. The van der Waals surface area contributed by atoms with E-state index < -0.39 is 11.7 Å². The number of alkyl halides is 3. The molecule has 1 aromatic rings. The zero-order valence-electron chi connectivity index (χ0n) is 11.3. The minimum atomic E-state index is -4.50. The molecule has 0 aliphatic rings. The number of hydrogen-bond acceptors (Lipinski definition) is 2. The van der Waals surface area contributed by atoms with Crippen molar-refractivity contribution >= 4 is 5.69 Å². The van der Waals surface area contributed by atoms with Crippen LogP contribution in [-0.2, 0) is 6.18 Å². The van der Waals surface area contributed by atoms with Crippen molar-refractivity contribution in [3.8, 4) is 6.07 Å². The number of nitrogens with zero attached hydrogens (tertiary/aromatic N) is 2. The summed E-state index contributed by atoms with van der Waals surface area (Å²) in [4.78, 5) is 1.90. The summed E-state index contributed by atoms with van der Waals surface area (Å²) in [6.07, 6.45) is -3.66. The summed E-state index contributed by atoms with van der Waals surface area (Å²) in [5.74, 6) is 0. The first kappa shape index (κ1) is 15.4. The van der Waals surface area contributed by atoms with Gasteiger partial charge in [-0.25, -0.2) is 0 Å². The number of anilines is 1. The molecule has 0 spiro atoms. The van der Waals surface area contributed by atoms with Crippen molar-refractivity contribution in [1.82, 2.24) is 0 Å². The molecule has 1 atom stereocenters. The zero-order valence-corrected chi connectivity index (χ0v) is 11.3. The third kappa shape index (κ3) is 3.40. The molecular weight excluding hydrogens is 253 g/mol. The van der Waals surface area contributed by atoms with Crippen LogP contribution in [0.25, 0.3) is 0 Å². The predicted molar refractivity (Wildman–Crippen MR) is 68.9 cm³/mol. The minimum Gasteiger partial charge on any atom is -0.369 e. The van der Waals surface area contributed by atoms with Gasteiger partial charge in [-0.05, 0) is 38.5 Å². The molecule has 0 fully saturated rings. The summed E-state index contributed by atoms with van der Waals surface area (Å²) in [5.41, 5.74) is -0.700. The monoisotopic (exact) mass is 270 g/mol. The van der Waals surface area contributed by atoms with Crippen LogP contribution in [0.15, 0.2) is 18.2 Å². The van der Waals surface area contributed by atoms with E-state index in [0.29, 0.717) is 12.2 Å². The Morgan fingerprint density at radius 2 is 1.95 bits per heavy atom. The van der Waals surface area contributed by atoms with Gasteiger partial charge >= 0.3 is 6.18 Å². The number of rotatable bonds is 4. The van der Waals surface area contributed by atoms with Gasteiger partial charge < -0.3 is 4.90 Å². The summed E-state index contributed by atoms with van der Waals surface area (Å²) in [5, 5.41) is 8.76. The SMILES string of the molecule is CC[C@H](C)N(CC)c1ccc(C#N)c(C(F)(F)F)c1. The topological polar surface area (TPSA) is 27.0 Å². The minimum absolute atomic E-state index is 0.152. The Morgan fingerprint density at radius 1 is 1.32 bits per heavy atom. The van der Waals surface area contributed by atoms with Crippen LogP contribution in [0.2, 0.25) is 0 Å². The molecule has 0 amide bonds. The maximum atomic E-state index is 12.9. The molecule has 0 aliphatic carbocycles. The van der Waals surface area contributed by atoms with Crippen molar-refractivity contribution in [2.45, 2.75) is 39.4 Å². The lowest BCUT2D eigenvalue weighted by Crippen LogP contribution is -2.32. The van der Waals surface area contributed by atoms with Crippen molar-refractivity contribution in [1.29, 1.82) is 5.26 Å². The largest absolute Gasteiger partial charge is 0.417 e. The second kappa shape index (κ2) is 5.96. The number of benzene rings is 1. The van der Waals surface area contributed by atoms with E-state index in [1.165, 1.54) is 6.07 Å². The van der Waals surface area contributed by atoms with E-state index in [9.17, 15) is 13.2 Å². The van der Waals surface area contributed by atoms with Gasteiger partial charge in [-0.1, -0.05) is 6.92 Å². The smallest absolute Gasteiger partial charge is 0.369 e. The molecule has 1 rings (SSSR count). The number of hydrogen-bond donors (Lipinski definition) is 0. The third-order valence-corrected chi connectivity index (χ3v) is 3.22. The molecule has 5 heteroatoms. The highest BCUT2D eigenvalue weighted by Crippen LogP contribution is 2.34. The summed E-state index contributed by atoms with van der Waals surface area (Å²) in [7, 11) is 0. The molecule has 0 saturated heterocycles. The molecule has 0 heterocycles. The second-order valence-corrected chi connectivity index (χ2v) is 4.38. The Bertz CT molecular complexity index is 475. The Kier molecular flexibility index (Phi) is 4.82. The van der Waals surface area contributed by atoms with Crippen LogP contribution in [0.4, 0.5) is 18.9 Å². The van der Waals surface area contributed by atoms with Gasteiger partial charge in [0, 0.05) is 18.3 Å². The van der Waals surface area contributed by atoms with Gasteiger partial charge in [0.25, 0.3) is 0 Å². The van der Waals surface area contributed by atoms with E-state index in [0.717, 1.165) is 12.5 Å². The molecule has 2 nitrogen and oxygen atoms in total. The quantitative estimate of drug-likeness (QED) is 0.819. The highest BCUT2D eigenvalue weighted by atomic mass is 19.4. The van der Waals surface area contributed by atoms with E-state index in [2.05, 4.69) is 0 Å². The van der Waals surface area contributed by atoms with Crippen molar-refractivity contribution < 1.29 is 13.2 Å². The van der Waals surface area contributed by atoms with Crippen LogP contribution >= 0.6 is 0 Å². The first-order valence-electron chi connectivity index (χ1n) is 6.23. The van der Waals surface area contributed by atoms with Crippen molar-refractivity contribution in [3.05, 3.63) is 29.3 Å². The molecule has 0 aromatic heterocycles. The summed E-state index contributed by atoms with van der Waals surface area (Å²) in [6.45, 7) is 6.48. The molecule has 0 saturated carbocycles. The first-order chi connectivity index (χ1) is 8.85. The molecule has 0 radical (unpaired) electrons. The third-order valence-electron chi connectivity index (χ3n) is 3.22. The van der Waals surface area contributed by atoms with Crippen LogP contribution in [0, 0.1) is 11.3 Å². The van der Waals surface area contributed by atoms with Crippen LogP contribution in [0.3, 0.4) is 0 Å². The molecule has 0 bridgehead atoms. The summed E-state index contributed by atoms with van der Waals surface area (Å²) in [6, 6.07) is 5.62. The second-order valence-electron chi connectivity index (χ2n) is 4.38. The first-order valence-corrected chi connectivity index (χ1v) is 6.23. The Hall–Kier alpha value is -1.70. The van der Waals surface area contributed by atoms with Gasteiger partial charge in [-0.3, -0.25) is 0 Å². The van der Waals surface area contributed by atoms with Gasteiger partial charge in [0.1, 0.15) is 0 Å². The van der Waals surface area contributed by atoms with Gasteiger partial charge in [0.15, 0.2) is 0 Å². The maximum Gasteiger partial charge on any atom is 0.417 e. The number of nitriles is 1. The summed E-state index contributed by atoms with van der Waals surface area (Å²) >= 11 is 0. The van der Waals surface area contributed by atoms with Gasteiger partial charge in [0.05, 0.1) is 17.2 Å². The highest BCUT2D eigenvalue weighted by Gasteiger charge is 2.34. The Balaban J connectivity index is 3.29. The van der Waals surface area contributed by atoms with E-state index in [-0.39, 0.29) is 11.6 Å². The highest BCUT2D eigenvalue weighted by molar-refractivity contribution is 5.55. The fourth-order valence-corrected chi connectivity index (χ4v) is 2.01. The van der Waals surface area contributed by atoms with E-state index in [1.54, 1.807) is 12.1 Å². The Morgan fingerprint density at radius 3 is 2.37 bits per heavy atom. The lowest BCUT2D eigenvalue weighted by Gasteiger charge is -2.30. The fraction of sp³-hybridized carbons (Fsp3) is 0.500. The standard InChI is InChI=1S/C14H17F3N2/c1-4-10(3)19(5-2)12-7-6-11(9-18)13(8-12)14(15,16)17/h6-8,10H,4-5H2,1-3H3/t10-/m0/s1. The molecule has 1 aromatic carbocycles. The van der Waals surface area contributed by atoms with E-state index in [1.807, 2.05) is 25.7 Å². The predicted octanol–water partition coefficient (Wildman–Crippen LogP) is 4.20. The van der Waals surface area contributed by atoms with Gasteiger partial charge in [0.2, 0.25) is 0 Å². The van der Waals surface area contributed by atoms with Crippen LogP contribution in [-0.4, -0.2) is 12.6 Å². The lowest BCUT2D eigenvalue weighted by atomic mass is 10.1. The number of halogens is 3. The van der Waals surface area contributed by atoms with Crippen LogP contribution in [0.1, 0.15) is 38.3 Å². The molecule has 19 heavy (non-hydrogen) atoms. The van der Waals surface area contributed by atoms with Crippen LogP contribution < -0.4 is 4.90 Å². The molecule has 104 valence electrons. The van der Waals surface area contributed by atoms with E-state index >= 15 is 0 Å².